The molecule has 0 spiro atoms. The molecule has 1 fully saturated rings. The molecule has 1 aliphatic rings. The summed E-state index contributed by atoms with van der Waals surface area (Å²) >= 11 is 1.74. The summed E-state index contributed by atoms with van der Waals surface area (Å²) in [6, 6.07) is 12.5. The van der Waals surface area contributed by atoms with Crippen LogP contribution >= 0.6 is 11.3 Å². The number of anilines is 1. The molecule has 3 aromatic rings. The molecule has 0 unspecified atom stereocenters. The summed E-state index contributed by atoms with van der Waals surface area (Å²) in [5.74, 6) is 0.144. The van der Waals surface area contributed by atoms with Gasteiger partial charge in [-0.2, -0.15) is 0 Å². The molecular formula is C21H23N3OS. The monoisotopic (exact) mass is 365 g/mol. The first kappa shape index (κ1) is 17.0. The van der Waals surface area contributed by atoms with Gasteiger partial charge < -0.3 is 9.80 Å². The van der Waals surface area contributed by atoms with E-state index in [1.54, 1.807) is 11.3 Å². The van der Waals surface area contributed by atoms with Gasteiger partial charge in [-0.3, -0.25) is 4.79 Å². The Hall–Kier alpha value is -2.40. The summed E-state index contributed by atoms with van der Waals surface area (Å²) in [6.07, 6.45) is 0. The fraction of sp³-hybridized carbons (Fsp3) is 0.333. The molecular weight excluding hydrogens is 342 g/mol. The average molecular weight is 366 g/mol. The number of hydrogen-bond acceptors (Lipinski definition) is 4. The molecule has 4 rings (SSSR count). The lowest BCUT2D eigenvalue weighted by molar-refractivity contribution is 0.0746. The van der Waals surface area contributed by atoms with E-state index in [0.717, 1.165) is 53.5 Å². The maximum Gasteiger partial charge on any atom is 0.254 e. The molecule has 0 radical (unpaired) electrons. The minimum atomic E-state index is 0.144. The maximum absolute atomic E-state index is 12.9. The van der Waals surface area contributed by atoms with Gasteiger partial charge in [0.2, 0.25) is 0 Å². The molecule has 1 aliphatic heterocycles. The predicted molar refractivity (Wildman–Crippen MR) is 108 cm³/mol. The number of hydrogen-bond donors (Lipinski definition) is 0. The normalized spacial score (nSPS) is 14.9. The highest BCUT2D eigenvalue weighted by Gasteiger charge is 2.24. The molecule has 1 aromatic heterocycles. The number of fused-ring (bicyclic) bond motifs is 1. The van der Waals surface area contributed by atoms with Crippen molar-refractivity contribution in [3.8, 4) is 0 Å². The second-order valence-electron chi connectivity index (χ2n) is 7.07. The van der Waals surface area contributed by atoms with Crippen LogP contribution in [0.1, 0.15) is 27.0 Å². The van der Waals surface area contributed by atoms with Gasteiger partial charge in [-0.15, -0.1) is 0 Å². The van der Waals surface area contributed by atoms with E-state index in [2.05, 4.69) is 36.1 Å². The largest absolute Gasteiger partial charge is 0.345 e. The summed E-state index contributed by atoms with van der Waals surface area (Å²) in [4.78, 5) is 21.9. The van der Waals surface area contributed by atoms with Gasteiger partial charge in [0.15, 0.2) is 5.13 Å². The summed E-state index contributed by atoms with van der Waals surface area (Å²) in [5, 5.41) is 1.06. The van der Waals surface area contributed by atoms with Crippen molar-refractivity contribution in [1.82, 2.24) is 9.88 Å². The fourth-order valence-corrected chi connectivity index (χ4v) is 4.51. The van der Waals surface area contributed by atoms with Gasteiger partial charge in [0.05, 0.1) is 10.2 Å². The van der Waals surface area contributed by atoms with Crippen LogP contribution in [0, 0.1) is 20.8 Å². The molecule has 1 saturated heterocycles. The van der Waals surface area contributed by atoms with Crippen LogP contribution in [-0.2, 0) is 0 Å². The maximum atomic E-state index is 12.9. The van der Waals surface area contributed by atoms with E-state index in [1.807, 2.05) is 30.9 Å². The van der Waals surface area contributed by atoms with Crippen molar-refractivity contribution in [3.63, 3.8) is 0 Å². The minimum absolute atomic E-state index is 0.144. The van der Waals surface area contributed by atoms with Crippen LogP contribution in [0.5, 0.6) is 0 Å². The highest BCUT2D eigenvalue weighted by atomic mass is 32.1. The van der Waals surface area contributed by atoms with Crippen molar-refractivity contribution in [2.24, 2.45) is 0 Å². The van der Waals surface area contributed by atoms with Crippen molar-refractivity contribution >= 4 is 32.6 Å². The average Bonchev–Trinajstić information content (AvgIpc) is 3.06. The first-order valence-corrected chi connectivity index (χ1v) is 9.81. The van der Waals surface area contributed by atoms with E-state index in [1.165, 1.54) is 10.3 Å². The Bertz CT molecular complexity index is 971. The van der Waals surface area contributed by atoms with Gasteiger partial charge in [-0.1, -0.05) is 35.1 Å². The molecule has 2 aromatic carbocycles. The third-order valence-corrected chi connectivity index (χ3v) is 6.07. The topological polar surface area (TPSA) is 36.4 Å². The number of piperazine rings is 1. The summed E-state index contributed by atoms with van der Waals surface area (Å²) in [6.45, 7) is 9.28. The van der Waals surface area contributed by atoms with Crippen LogP contribution < -0.4 is 4.90 Å². The van der Waals surface area contributed by atoms with Crippen LogP contribution in [0.15, 0.2) is 36.4 Å². The number of nitrogens with zero attached hydrogens (tertiary/aromatic N) is 3. The molecule has 26 heavy (non-hydrogen) atoms. The van der Waals surface area contributed by atoms with Gasteiger partial charge in [0, 0.05) is 31.7 Å². The molecule has 4 nitrogen and oxygen atoms in total. The lowest BCUT2D eigenvalue weighted by Gasteiger charge is -2.34. The zero-order valence-electron chi connectivity index (χ0n) is 15.5. The smallest absolute Gasteiger partial charge is 0.254 e. The lowest BCUT2D eigenvalue weighted by Crippen LogP contribution is -2.48. The molecule has 0 N–H and O–H groups in total. The predicted octanol–water partition coefficient (Wildman–Crippen LogP) is 4.18. The summed E-state index contributed by atoms with van der Waals surface area (Å²) < 4.78 is 1.23. The first-order chi connectivity index (χ1) is 12.5. The van der Waals surface area contributed by atoms with E-state index < -0.39 is 0 Å². The number of aromatic nitrogens is 1. The number of carbonyl (C=O) groups is 1. The van der Waals surface area contributed by atoms with Crippen LogP contribution in [-0.4, -0.2) is 42.0 Å². The van der Waals surface area contributed by atoms with E-state index in [9.17, 15) is 4.79 Å². The molecule has 0 saturated carbocycles. The molecule has 0 bridgehead atoms. The van der Waals surface area contributed by atoms with Crippen molar-refractivity contribution < 1.29 is 4.79 Å². The van der Waals surface area contributed by atoms with Gasteiger partial charge in [0.25, 0.3) is 5.91 Å². The number of carbonyl (C=O) groups excluding carboxylic acids is 1. The van der Waals surface area contributed by atoms with E-state index in [-0.39, 0.29) is 5.91 Å². The first-order valence-electron chi connectivity index (χ1n) is 9.00. The number of amides is 1. The molecule has 1 amide bonds. The highest BCUT2D eigenvalue weighted by Crippen LogP contribution is 2.30. The third kappa shape index (κ3) is 3.19. The number of aryl methyl sites for hydroxylation is 3. The second-order valence-corrected chi connectivity index (χ2v) is 8.07. The quantitative estimate of drug-likeness (QED) is 0.683. The van der Waals surface area contributed by atoms with E-state index in [4.69, 9.17) is 4.98 Å². The molecule has 2 heterocycles. The summed E-state index contributed by atoms with van der Waals surface area (Å²) in [5.41, 5.74) is 5.32. The highest BCUT2D eigenvalue weighted by molar-refractivity contribution is 7.22. The molecule has 0 aliphatic carbocycles. The fourth-order valence-electron chi connectivity index (χ4n) is 3.39. The molecule has 134 valence electrons. The lowest BCUT2D eigenvalue weighted by atomic mass is 10.0. The van der Waals surface area contributed by atoms with Crippen LogP contribution in [0.25, 0.3) is 10.2 Å². The minimum Gasteiger partial charge on any atom is -0.345 e. The number of rotatable bonds is 2. The second kappa shape index (κ2) is 6.72. The zero-order chi connectivity index (χ0) is 18.3. The van der Waals surface area contributed by atoms with Crippen LogP contribution in [0.2, 0.25) is 0 Å². The van der Waals surface area contributed by atoms with Crippen LogP contribution in [0.3, 0.4) is 0 Å². The van der Waals surface area contributed by atoms with E-state index >= 15 is 0 Å². The Morgan fingerprint density at radius 2 is 1.65 bits per heavy atom. The number of thiazole rings is 1. The summed E-state index contributed by atoms with van der Waals surface area (Å²) in [7, 11) is 0. The van der Waals surface area contributed by atoms with Crippen molar-refractivity contribution in [1.29, 1.82) is 0 Å². The van der Waals surface area contributed by atoms with Crippen LogP contribution in [0.4, 0.5) is 5.13 Å². The standard InChI is InChI=1S/C21H23N3OS/c1-14-4-6-16(3)17(12-14)20(25)23-8-10-24(11-9-23)21-22-18-7-5-15(2)13-19(18)26-21/h4-7,12-13H,8-11H2,1-3H3. The Labute approximate surface area is 158 Å². The van der Waals surface area contributed by atoms with Crippen molar-refractivity contribution in [2.45, 2.75) is 20.8 Å². The van der Waals surface area contributed by atoms with E-state index in [0.29, 0.717) is 0 Å². The van der Waals surface area contributed by atoms with Gasteiger partial charge in [0.1, 0.15) is 0 Å². The Kier molecular flexibility index (Phi) is 4.41. The van der Waals surface area contributed by atoms with Crippen molar-refractivity contribution in [3.05, 3.63) is 58.7 Å². The van der Waals surface area contributed by atoms with Crippen molar-refractivity contribution in [2.75, 3.05) is 31.1 Å². The zero-order valence-corrected chi connectivity index (χ0v) is 16.3. The molecule has 5 heteroatoms. The van der Waals surface area contributed by atoms with Gasteiger partial charge in [-0.05, 0) is 50.1 Å². The Morgan fingerprint density at radius 3 is 2.42 bits per heavy atom. The third-order valence-electron chi connectivity index (χ3n) is 4.99. The molecule has 0 atom stereocenters. The van der Waals surface area contributed by atoms with Gasteiger partial charge >= 0.3 is 0 Å². The Morgan fingerprint density at radius 1 is 0.962 bits per heavy atom. The Balaban J connectivity index is 1.48. The number of benzene rings is 2. The van der Waals surface area contributed by atoms with Gasteiger partial charge in [-0.25, -0.2) is 4.98 Å². The SMILES string of the molecule is Cc1ccc(C)c(C(=O)N2CCN(c3nc4ccc(C)cc4s3)CC2)c1.